The molecule has 0 aliphatic carbocycles. The van der Waals surface area contributed by atoms with Crippen molar-refractivity contribution in [1.82, 2.24) is 0 Å². The van der Waals surface area contributed by atoms with Crippen molar-refractivity contribution in [2.75, 3.05) is 46.2 Å². The van der Waals surface area contributed by atoms with Gasteiger partial charge in [0.25, 0.3) is 0 Å². The number of ether oxygens (including phenoxy) is 4. The first-order chi connectivity index (χ1) is 20.2. The molecule has 41 heavy (non-hydrogen) atoms. The van der Waals surface area contributed by atoms with Crippen molar-refractivity contribution in [2.45, 2.75) is 12.8 Å². The van der Waals surface area contributed by atoms with Crippen LogP contribution in [0.5, 0.6) is 11.5 Å². The first-order valence-corrected chi connectivity index (χ1v) is 14.2. The molecule has 0 saturated heterocycles. The van der Waals surface area contributed by atoms with Crippen LogP contribution in [-0.4, -0.2) is 51.4 Å². The van der Waals surface area contributed by atoms with Gasteiger partial charge in [-0.05, 0) is 60.4 Å². The van der Waals surface area contributed by atoms with E-state index < -0.39 is 0 Å². The lowest BCUT2D eigenvalue weighted by Gasteiger charge is -2.12. The summed E-state index contributed by atoms with van der Waals surface area (Å²) >= 11 is 0. The Hall–Kier alpha value is -3.97. The fourth-order valence-corrected chi connectivity index (χ4v) is 5.06. The number of rotatable bonds is 15. The zero-order chi connectivity index (χ0) is 28.3. The zero-order valence-electron chi connectivity index (χ0n) is 23.6. The maximum Gasteiger partial charge on any atom is 0.213 e. The molecular weight excluding hydrogens is 514 g/mol. The number of benzene rings is 4. The topological polar surface area (TPSA) is 61.0 Å². The van der Waals surface area contributed by atoms with Crippen LogP contribution in [0, 0.1) is 0 Å². The minimum Gasteiger partial charge on any atom is -0.508 e. The van der Waals surface area contributed by atoms with E-state index in [0.29, 0.717) is 52.0 Å². The van der Waals surface area contributed by atoms with Crippen molar-refractivity contribution >= 4 is 21.8 Å². The molecule has 6 nitrogen and oxygen atoms in total. The van der Waals surface area contributed by atoms with Gasteiger partial charge in [-0.1, -0.05) is 48.5 Å². The maximum atomic E-state index is 9.32. The van der Waals surface area contributed by atoms with Crippen LogP contribution in [0.2, 0.25) is 0 Å². The Morgan fingerprint density at radius 1 is 0.585 bits per heavy atom. The van der Waals surface area contributed by atoms with Crippen LogP contribution in [-0.2, 0) is 27.7 Å². The van der Waals surface area contributed by atoms with Crippen molar-refractivity contribution in [3.05, 3.63) is 103 Å². The second kappa shape index (κ2) is 14.6. The van der Waals surface area contributed by atoms with Crippen molar-refractivity contribution in [3.63, 3.8) is 0 Å². The molecule has 0 atom stereocenters. The molecule has 1 heterocycles. The van der Waals surface area contributed by atoms with Crippen molar-refractivity contribution in [1.29, 1.82) is 0 Å². The third-order valence-electron chi connectivity index (χ3n) is 7.14. The first-order valence-electron chi connectivity index (χ1n) is 14.2. The van der Waals surface area contributed by atoms with E-state index in [1.54, 1.807) is 12.1 Å². The van der Waals surface area contributed by atoms with Crippen LogP contribution in [0.3, 0.4) is 0 Å². The summed E-state index contributed by atoms with van der Waals surface area (Å²) in [7, 11) is 2.12. The summed E-state index contributed by atoms with van der Waals surface area (Å²) in [6.07, 6.45) is 1.87. The van der Waals surface area contributed by atoms with Gasteiger partial charge in [0.05, 0.1) is 43.8 Å². The molecule has 0 spiro atoms. The smallest absolute Gasteiger partial charge is 0.213 e. The Balaban J connectivity index is 0.986. The Kier molecular flexibility index (Phi) is 10.2. The second-order valence-corrected chi connectivity index (χ2v) is 9.95. The summed E-state index contributed by atoms with van der Waals surface area (Å²) in [6.45, 7) is 3.85. The Morgan fingerprint density at radius 2 is 1.12 bits per heavy atom. The molecule has 0 unspecified atom stereocenters. The summed E-state index contributed by atoms with van der Waals surface area (Å²) < 4.78 is 25.0. The summed E-state index contributed by atoms with van der Waals surface area (Å²) in [5, 5.41) is 11.8. The highest BCUT2D eigenvalue weighted by Gasteiger charge is 2.18. The molecule has 5 aromatic rings. The molecule has 0 amide bonds. The summed E-state index contributed by atoms with van der Waals surface area (Å²) in [5.41, 5.74) is 6.02. The van der Waals surface area contributed by atoms with Crippen LogP contribution >= 0.6 is 0 Å². The van der Waals surface area contributed by atoms with E-state index in [1.807, 2.05) is 24.3 Å². The lowest BCUT2D eigenvalue weighted by molar-refractivity contribution is -0.617. The Bertz CT molecular complexity index is 1480. The minimum atomic E-state index is 0.296. The zero-order valence-corrected chi connectivity index (χ0v) is 23.6. The number of nitrogens with zero attached hydrogens (tertiary/aromatic N) is 1. The van der Waals surface area contributed by atoms with Crippen LogP contribution in [0.15, 0.2) is 97.1 Å². The third kappa shape index (κ3) is 7.61. The number of para-hydroxylation sites is 2. The average Bonchev–Trinajstić information content (AvgIpc) is 3.01. The minimum absolute atomic E-state index is 0.296. The molecule has 1 N–H and O–H groups in total. The normalized spacial score (nSPS) is 11.3. The van der Waals surface area contributed by atoms with E-state index >= 15 is 0 Å². The molecule has 1 aromatic heterocycles. The SMILES string of the molecule is C[n+]1c2ccccc2c(-c2ccc(OCCOCCOCCOCCCc3ccc(O)cc3)cc2)c2ccccc21. The van der Waals surface area contributed by atoms with Gasteiger partial charge in [-0.25, -0.2) is 0 Å². The van der Waals surface area contributed by atoms with Crippen molar-refractivity contribution in [3.8, 4) is 22.6 Å². The number of hydrogen-bond donors (Lipinski definition) is 1. The van der Waals surface area contributed by atoms with E-state index in [0.717, 1.165) is 18.6 Å². The number of phenols is 1. The van der Waals surface area contributed by atoms with Crippen LogP contribution in [0.1, 0.15) is 12.0 Å². The number of phenolic OH excluding ortho intramolecular Hbond substituents is 1. The van der Waals surface area contributed by atoms with Crippen LogP contribution in [0.4, 0.5) is 0 Å². The third-order valence-corrected chi connectivity index (χ3v) is 7.14. The monoisotopic (exact) mass is 552 g/mol. The molecule has 0 fully saturated rings. The molecule has 0 aliphatic heterocycles. The Labute approximate surface area is 241 Å². The standard InChI is InChI=1S/C35H37NO5/c1-36-33-10-4-2-8-31(33)35(32-9-3-5-11-34(32)36)28-14-18-30(19-15-28)41-26-25-40-24-23-39-22-21-38-20-6-7-27-12-16-29(37)17-13-27/h2-5,8-19H,6-7,20-26H2,1H3/p+1. The van der Waals surface area contributed by atoms with Gasteiger partial charge < -0.3 is 24.1 Å². The van der Waals surface area contributed by atoms with Gasteiger partial charge in [-0.2, -0.15) is 4.57 Å². The van der Waals surface area contributed by atoms with Gasteiger partial charge in [-0.3, -0.25) is 0 Å². The number of aryl methyl sites for hydroxylation is 2. The molecular formula is C35H38NO5+. The second-order valence-electron chi connectivity index (χ2n) is 9.95. The van der Waals surface area contributed by atoms with Crippen LogP contribution in [0.25, 0.3) is 32.9 Å². The highest BCUT2D eigenvalue weighted by Crippen LogP contribution is 2.34. The summed E-state index contributed by atoms with van der Waals surface area (Å²) in [4.78, 5) is 0. The van der Waals surface area contributed by atoms with Gasteiger partial charge in [0, 0.05) is 24.3 Å². The highest BCUT2D eigenvalue weighted by molar-refractivity contribution is 6.07. The maximum absolute atomic E-state index is 9.32. The fraction of sp³-hybridized carbons (Fsp3) is 0.286. The number of aromatic nitrogens is 1. The van der Waals surface area contributed by atoms with E-state index in [-0.39, 0.29) is 0 Å². The van der Waals surface area contributed by atoms with E-state index in [1.165, 1.54) is 38.5 Å². The molecule has 0 aliphatic rings. The van der Waals surface area contributed by atoms with Gasteiger partial charge >= 0.3 is 0 Å². The lowest BCUT2D eigenvalue weighted by Crippen LogP contribution is -2.30. The van der Waals surface area contributed by atoms with E-state index in [2.05, 4.69) is 72.3 Å². The van der Waals surface area contributed by atoms with E-state index in [4.69, 9.17) is 18.9 Å². The van der Waals surface area contributed by atoms with E-state index in [9.17, 15) is 5.11 Å². The predicted octanol–water partition coefficient (Wildman–Crippen LogP) is 6.25. The average molecular weight is 553 g/mol. The number of aromatic hydroxyl groups is 1. The Morgan fingerprint density at radius 3 is 1.73 bits per heavy atom. The largest absolute Gasteiger partial charge is 0.508 e. The van der Waals surface area contributed by atoms with Gasteiger partial charge in [0.2, 0.25) is 11.0 Å². The molecule has 5 rings (SSSR count). The quantitative estimate of drug-likeness (QED) is 0.0945. The van der Waals surface area contributed by atoms with Crippen LogP contribution < -0.4 is 9.30 Å². The highest BCUT2D eigenvalue weighted by atomic mass is 16.6. The van der Waals surface area contributed by atoms with Gasteiger partial charge in [0.1, 0.15) is 25.2 Å². The molecule has 0 saturated carbocycles. The van der Waals surface area contributed by atoms with Gasteiger partial charge in [0.15, 0.2) is 0 Å². The molecule has 0 radical (unpaired) electrons. The first kappa shape index (κ1) is 28.6. The van der Waals surface area contributed by atoms with Crippen molar-refractivity contribution in [2.24, 2.45) is 7.05 Å². The lowest BCUT2D eigenvalue weighted by atomic mass is 9.96. The number of hydrogen-bond acceptors (Lipinski definition) is 5. The predicted molar refractivity (Wildman–Crippen MR) is 162 cm³/mol. The van der Waals surface area contributed by atoms with Crippen molar-refractivity contribution < 1.29 is 28.6 Å². The number of fused-ring (bicyclic) bond motifs is 2. The molecule has 0 bridgehead atoms. The summed E-state index contributed by atoms with van der Waals surface area (Å²) in [5.74, 6) is 1.12. The molecule has 212 valence electrons. The number of pyridine rings is 1. The van der Waals surface area contributed by atoms with Gasteiger partial charge in [-0.15, -0.1) is 0 Å². The summed E-state index contributed by atoms with van der Waals surface area (Å²) in [6, 6.07) is 32.7. The molecule has 6 heteroatoms. The molecule has 4 aromatic carbocycles. The fourth-order valence-electron chi connectivity index (χ4n) is 5.06.